The summed E-state index contributed by atoms with van der Waals surface area (Å²) in [4.78, 5) is 13.4. The Kier molecular flexibility index (Phi) is 11.7. The number of rotatable bonds is 8. The number of nitrogens with zero attached hydrogens (tertiary/aromatic N) is 2. The number of piperidine rings is 1. The number of likely N-dealkylation sites (tertiary alicyclic amines) is 1. The van der Waals surface area contributed by atoms with Gasteiger partial charge in [0.2, 0.25) is 5.91 Å². The molecule has 1 aliphatic heterocycles. The largest absolute Gasteiger partial charge is 0.662 e. The number of ether oxygens (including phenoxy) is 1. The van der Waals surface area contributed by atoms with E-state index in [4.69, 9.17) is 4.74 Å². The second kappa shape index (κ2) is 11.7. The predicted molar refractivity (Wildman–Crippen MR) is 72.9 cm³/mol. The Bertz CT molecular complexity index is 234. The van der Waals surface area contributed by atoms with E-state index in [2.05, 4.69) is 15.5 Å². The summed E-state index contributed by atoms with van der Waals surface area (Å²) in [6.07, 6.45) is 2.88. The van der Waals surface area contributed by atoms with Gasteiger partial charge >= 0.3 is 0 Å². The van der Waals surface area contributed by atoms with Gasteiger partial charge in [0.15, 0.2) is 0 Å². The number of hydrogen-bond donors (Lipinski definition) is 1. The van der Waals surface area contributed by atoms with Gasteiger partial charge in [0.1, 0.15) is 0 Å². The van der Waals surface area contributed by atoms with Crippen molar-refractivity contribution in [3.63, 3.8) is 0 Å². The fraction of sp³-hybridized carbons (Fsp3) is 0.923. The van der Waals surface area contributed by atoms with Crippen LogP contribution >= 0.6 is 0 Å². The van der Waals surface area contributed by atoms with Crippen LogP contribution in [0.1, 0.15) is 26.2 Å². The molecule has 1 amide bonds. The zero-order valence-corrected chi connectivity index (χ0v) is 13.5. The van der Waals surface area contributed by atoms with Gasteiger partial charge in [-0.15, -0.1) is 6.04 Å². The summed E-state index contributed by atoms with van der Waals surface area (Å²) < 4.78 is 5.50. The predicted octanol–water partition coefficient (Wildman–Crippen LogP) is 0.995. The van der Waals surface area contributed by atoms with Gasteiger partial charge in [-0.25, -0.2) is 0 Å². The van der Waals surface area contributed by atoms with Crippen LogP contribution < -0.4 is 5.32 Å². The molecule has 0 aliphatic carbocycles. The van der Waals surface area contributed by atoms with E-state index in [-0.39, 0.29) is 24.5 Å². The second-order valence-corrected chi connectivity index (χ2v) is 4.65. The van der Waals surface area contributed by atoms with E-state index in [1.54, 1.807) is 0 Å². The summed E-state index contributed by atoms with van der Waals surface area (Å²) in [5, 5.41) is 7.12. The molecule has 0 atom stereocenters. The van der Waals surface area contributed by atoms with E-state index in [1.165, 1.54) is 12.8 Å². The minimum absolute atomic E-state index is 0. The topological polar surface area (TPSA) is 55.7 Å². The molecule has 19 heavy (non-hydrogen) atoms. The van der Waals surface area contributed by atoms with Crippen molar-refractivity contribution in [2.24, 2.45) is 0 Å². The molecular formula is C13H26N3O2V-. The maximum Gasteiger partial charge on any atom is 0.219 e. The molecule has 1 heterocycles. The van der Waals surface area contributed by atoms with Crippen molar-refractivity contribution in [2.75, 3.05) is 46.4 Å². The van der Waals surface area contributed by atoms with E-state index in [9.17, 15) is 4.79 Å². The number of carbonyl (C=O) groups is 1. The van der Waals surface area contributed by atoms with Crippen LogP contribution in [0.2, 0.25) is 0 Å². The van der Waals surface area contributed by atoms with Crippen LogP contribution in [0.4, 0.5) is 0 Å². The zero-order chi connectivity index (χ0) is 13.2. The molecular weight excluding hydrogens is 281 g/mol. The standard InChI is InChI=1S/C13H26N3O2.V/c1-3-13(17)15-6-10-18-11-9-16-7-4-12(14-2)5-8-16;/h12H,3-11H2,1-2H3,(H,15,17);/q-1;. The van der Waals surface area contributed by atoms with Crippen LogP contribution in [-0.4, -0.2) is 63.3 Å². The normalized spacial score (nSPS) is 16.9. The van der Waals surface area contributed by atoms with Gasteiger partial charge in [-0.1, -0.05) is 19.8 Å². The third-order valence-corrected chi connectivity index (χ3v) is 3.36. The molecule has 1 radical (unpaired) electrons. The molecule has 0 unspecified atom stereocenters. The van der Waals surface area contributed by atoms with Crippen molar-refractivity contribution in [3.8, 4) is 0 Å². The molecule has 0 aromatic heterocycles. The Hall–Kier alpha value is -0.0656. The first-order valence-corrected chi connectivity index (χ1v) is 6.92. The summed E-state index contributed by atoms with van der Waals surface area (Å²) in [5.74, 6) is 0.0870. The molecule has 1 rings (SSSR count). The fourth-order valence-corrected chi connectivity index (χ4v) is 2.08. The number of amides is 1. The van der Waals surface area contributed by atoms with Crippen molar-refractivity contribution in [2.45, 2.75) is 32.2 Å². The van der Waals surface area contributed by atoms with E-state index in [0.29, 0.717) is 25.6 Å². The Morgan fingerprint density at radius 3 is 2.63 bits per heavy atom. The Labute approximate surface area is 128 Å². The maximum absolute atomic E-state index is 11.0. The van der Waals surface area contributed by atoms with Crippen LogP contribution in [0.15, 0.2) is 0 Å². The van der Waals surface area contributed by atoms with Crippen molar-refractivity contribution in [1.29, 1.82) is 0 Å². The van der Waals surface area contributed by atoms with Gasteiger partial charge in [0, 0.05) is 38.1 Å². The summed E-state index contributed by atoms with van der Waals surface area (Å²) in [5.41, 5.74) is 0. The van der Waals surface area contributed by atoms with E-state index >= 15 is 0 Å². The molecule has 0 aromatic carbocycles. The van der Waals surface area contributed by atoms with Crippen LogP contribution in [0, 0.1) is 0 Å². The van der Waals surface area contributed by atoms with E-state index in [0.717, 1.165) is 26.2 Å². The molecule has 6 heteroatoms. The quantitative estimate of drug-likeness (QED) is 0.681. The average Bonchev–Trinajstić information content (AvgIpc) is 2.43. The van der Waals surface area contributed by atoms with Crippen LogP contribution in [-0.2, 0) is 28.1 Å². The Morgan fingerprint density at radius 1 is 1.37 bits per heavy atom. The summed E-state index contributed by atoms with van der Waals surface area (Å²) in [6.45, 7) is 7.04. The molecule has 0 aromatic rings. The Balaban J connectivity index is 0.00000324. The van der Waals surface area contributed by atoms with Crippen LogP contribution in [0.25, 0.3) is 5.32 Å². The van der Waals surface area contributed by atoms with Gasteiger partial charge in [-0.3, -0.25) is 4.79 Å². The summed E-state index contributed by atoms with van der Waals surface area (Å²) in [6, 6.07) is 0.562. The van der Waals surface area contributed by atoms with Crippen molar-refractivity contribution >= 4 is 5.91 Å². The average molecular weight is 307 g/mol. The van der Waals surface area contributed by atoms with E-state index < -0.39 is 0 Å². The zero-order valence-electron chi connectivity index (χ0n) is 12.1. The first-order chi connectivity index (χ1) is 8.76. The minimum Gasteiger partial charge on any atom is -0.662 e. The van der Waals surface area contributed by atoms with Gasteiger partial charge in [-0.05, 0) is 13.1 Å². The summed E-state index contributed by atoms with van der Waals surface area (Å²) in [7, 11) is 1.91. The monoisotopic (exact) mass is 307 g/mol. The van der Waals surface area contributed by atoms with Gasteiger partial charge < -0.3 is 20.3 Å². The molecule has 0 bridgehead atoms. The first kappa shape index (κ1) is 18.9. The molecule has 0 saturated carbocycles. The maximum atomic E-state index is 11.0. The van der Waals surface area contributed by atoms with Crippen LogP contribution in [0.3, 0.4) is 0 Å². The molecule has 1 fully saturated rings. The number of hydrogen-bond acceptors (Lipinski definition) is 3. The van der Waals surface area contributed by atoms with Gasteiger partial charge in [0.25, 0.3) is 0 Å². The molecule has 1 N–H and O–H groups in total. The van der Waals surface area contributed by atoms with Gasteiger partial charge in [0.05, 0.1) is 13.2 Å². The van der Waals surface area contributed by atoms with Crippen molar-refractivity contribution in [1.82, 2.24) is 10.2 Å². The second-order valence-electron chi connectivity index (χ2n) is 4.65. The molecule has 1 aliphatic rings. The SMILES string of the molecule is CCC(=O)NCCOCCN1CCC([N-]C)CC1.[V]. The van der Waals surface area contributed by atoms with Crippen molar-refractivity contribution < 1.29 is 28.1 Å². The first-order valence-electron chi connectivity index (χ1n) is 6.92. The number of nitrogens with one attached hydrogen (secondary N) is 1. The fourth-order valence-electron chi connectivity index (χ4n) is 2.08. The molecule has 111 valence electrons. The van der Waals surface area contributed by atoms with E-state index in [1.807, 2.05) is 14.0 Å². The third kappa shape index (κ3) is 8.66. The molecule has 1 saturated heterocycles. The number of carbonyl (C=O) groups excluding carboxylic acids is 1. The molecule has 0 spiro atoms. The van der Waals surface area contributed by atoms with Gasteiger partial charge in [-0.2, -0.15) is 7.05 Å². The Morgan fingerprint density at radius 2 is 2.05 bits per heavy atom. The van der Waals surface area contributed by atoms with Crippen LogP contribution in [0.5, 0.6) is 0 Å². The minimum atomic E-state index is 0. The smallest absolute Gasteiger partial charge is 0.219 e. The molecule has 5 nitrogen and oxygen atoms in total. The van der Waals surface area contributed by atoms with Crippen molar-refractivity contribution in [3.05, 3.63) is 5.32 Å². The third-order valence-electron chi connectivity index (χ3n) is 3.36. The summed E-state index contributed by atoms with van der Waals surface area (Å²) >= 11 is 0.